The maximum Gasteiger partial charge on any atom is 0.308 e. The number of anilines is 1. The van der Waals surface area contributed by atoms with Gasteiger partial charge in [0.1, 0.15) is 5.75 Å². The predicted molar refractivity (Wildman–Crippen MR) is 84.2 cm³/mol. The van der Waals surface area contributed by atoms with Crippen LogP contribution >= 0.6 is 0 Å². The van der Waals surface area contributed by atoms with E-state index in [-0.39, 0.29) is 17.9 Å². The van der Waals surface area contributed by atoms with Crippen LogP contribution in [-0.4, -0.2) is 17.9 Å². The first-order chi connectivity index (χ1) is 10.6. The van der Waals surface area contributed by atoms with Gasteiger partial charge in [0.25, 0.3) is 5.91 Å². The highest BCUT2D eigenvalue weighted by atomic mass is 16.5. The fourth-order valence-electron chi connectivity index (χ4n) is 2.85. The molecule has 112 valence electrons. The molecule has 2 aromatic rings. The number of para-hydroxylation sites is 1. The standard InChI is InChI=1S/C18H17NO3/c1-12-11-15-5-3-4-6-17(15)19(12)18(21)14-7-9-16(10-8-14)22-13(2)20/h3-10,12H,11H2,1-2H3/t12-/m0/s1. The van der Waals surface area contributed by atoms with E-state index in [0.29, 0.717) is 11.3 Å². The fraction of sp³-hybridized carbons (Fsp3) is 0.222. The predicted octanol–water partition coefficient (Wildman–Crippen LogP) is 3.20. The minimum Gasteiger partial charge on any atom is -0.427 e. The van der Waals surface area contributed by atoms with Gasteiger partial charge in [-0.3, -0.25) is 9.59 Å². The molecule has 0 spiro atoms. The molecule has 0 bridgehead atoms. The Kier molecular flexibility index (Phi) is 3.67. The monoisotopic (exact) mass is 295 g/mol. The molecule has 4 heteroatoms. The zero-order valence-corrected chi connectivity index (χ0v) is 12.6. The van der Waals surface area contributed by atoms with Gasteiger partial charge < -0.3 is 9.64 Å². The molecule has 3 rings (SSSR count). The lowest BCUT2D eigenvalue weighted by molar-refractivity contribution is -0.131. The Bertz CT molecular complexity index is 721. The minimum atomic E-state index is -0.374. The summed E-state index contributed by atoms with van der Waals surface area (Å²) < 4.78 is 4.99. The molecule has 1 amide bonds. The van der Waals surface area contributed by atoms with Gasteiger partial charge in [-0.2, -0.15) is 0 Å². The number of nitrogens with zero attached hydrogens (tertiary/aromatic N) is 1. The lowest BCUT2D eigenvalue weighted by Crippen LogP contribution is -2.35. The van der Waals surface area contributed by atoms with E-state index in [4.69, 9.17) is 4.74 Å². The molecule has 1 heterocycles. The van der Waals surface area contributed by atoms with Gasteiger partial charge in [-0.05, 0) is 49.2 Å². The molecule has 0 aromatic heterocycles. The van der Waals surface area contributed by atoms with E-state index in [9.17, 15) is 9.59 Å². The van der Waals surface area contributed by atoms with Crippen LogP contribution in [0.15, 0.2) is 48.5 Å². The van der Waals surface area contributed by atoms with Crippen molar-refractivity contribution in [3.05, 3.63) is 59.7 Å². The van der Waals surface area contributed by atoms with Crippen LogP contribution in [-0.2, 0) is 11.2 Å². The number of amides is 1. The summed E-state index contributed by atoms with van der Waals surface area (Å²) >= 11 is 0. The zero-order valence-electron chi connectivity index (χ0n) is 12.6. The van der Waals surface area contributed by atoms with Crippen molar-refractivity contribution >= 4 is 17.6 Å². The van der Waals surface area contributed by atoms with Crippen LogP contribution in [0.25, 0.3) is 0 Å². The van der Waals surface area contributed by atoms with Gasteiger partial charge in [0, 0.05) is 24.2 Å². The highest BCUT2D eigenvalue weighted by Crippen LogP contribution is 2.33. The first-order valence-corrected chi connectivity index (χ1v) is 7.26. The topological polar surface area (TPSA) is 46.6 Å². The molecule has 1 aliphatic heterocycles. The van der Waals surface area contributed by atoms with E-state index in [0.717, 1.165) is 12.1 Å². The molecule has 2 aromatic carbocycles. The Labute approximate surface area is 129 Å². The first kappa shape index (κ1) is 14.3. The van der Waals surface area contributed by atoms with Gasteiger partial charge in [0.15, 0.2) is 0 Å². The average Bonchev–Trinajstić information content (AvgIpc) is 2.82. The van der Waals surface area contributed by atoms with Crippen molar-refractivity contribution in [3.63, 3.8) is 0 Å². The van der Waals surface area contributed by atoms with Crippen LogP contribution in [0.5, 0.6) is 5.75 Å². The van der Waals surface area contributed by atoms with Crippen LogP contribution in [0.3, 0.4) is 0 Å². The summed E-state index contributed by atoms with van der Waals surface area (Å²) in [6, 6.07) is 14.8. The first-order valence-electron chi connectivity index (χ1n) is 7.26. The smallest absolute Gasteiger partial charge is 0.308 e. The van der Waals surface area contributed by atoms with Gasteiger partial charge in [-0.15, -0.1) is 0 Å². The molecule has 4 nitrogen and oxygen atoms in total. The Hall–Kier alpha value is -2.62. The molecule has 1 aliphatic rings. The number of esters is 1. The minimum absolute atomic E-state index is 0.0353. The van der Waals surface area contributed by atoms with Crippen molar-refractivity contribution in [2.45, 2.75) is 26.3 Å². The normalized spacial score (nSPS) is 16.3. The van der Waals surface area contributed by atoms with Gasteiger partial charge in [0.05, 0.1) is 0 Å². The van der Waals surface area contributed by atoms with E-state index in [1.807, 2.05) is 30.0 Å². The van der Waals surface area contributed by atoms with Crippen LogP contribution in [0.1, 0.15) is 29.8 Å². The number of carbonyl (C=O) groups excluding carboxylic acids is 2. The van der Waals surface area contributed by atoms with Crippen molar-refractivity contribution in [1.29, 1.82) is 0 Å². The Morgan fingerprint density at radius 2 is 1.77 bits per heavy atom. The molecule has 0 fully saturated rings. The second-order valence-electron chi connectivity index (χ2n) is 5.48. The number of carbonyl (C=O) groups is 2. The van der Waals surface area contributed by atoms with E-state index >= 15 is 0 Å². The third-order valence-corrected chi connectivity index (χ3v) is 3.79. The fourth-order valence-corrected chi connectivity index (χ4v) is 2.85. The van der Waals surface area contributed by atoms with Crippen LogP contribution < -0.4 is 9.64 Å². The Morgan fingerprint density at radius 3 is 2.45 bits per heavy atom. The van der Waals surface area contributed by atoms with Crippen molar-refractivity contribution in [1.82, 2.24) is 0 Å². The van der Waals surface area contributed by atoms with E-state index in [1.165, 1.54) is 12.5 Å². The number of hydrogen-bond donors (Lipinski definition) is 0. The summed E-state index contributed by atoms with van der Waals surface area (Å²) in [6.07, 6.45) is 0.868. The largest absolute Gasteiger partial charge is 0.427 e. The number of hydrogen-bond acceptors (Lipinski definition) is 3. The molecule has 0 unspecified atom stereocenters. The quantitative estimate of drug-likeness (QED) is 0.631. The van der Waals surface area contributed by atoms with Crippen molar-refractivity contribution < 1.29 is 14.3 Å². The van der Waals surface area contributed by atoms with Crippen molar-refractivity contribution in [2.75, 3.05) is 4.90 Å². The summed E-state index contributed by atoms with van der Waals surface area (Å²) in [7, 11) is 0. The molecular formula is C18H17NO3. The maximum atomic E-state index is 12.8. The summed E-state index contributed by atoms with van der Waals surface area (Å²) in [5.41, 5.74) is 2.75. The maximum absolute atomic E-state index is 12.8. The van der Waals surface area contributed by atoms with Crippen LogP contribution in [0.2, 0.25) is 0 Å². The molecule has 1 atom stereocenters. The molecule has 0 saturated carbocycles. The van der Waals surface area contributed by atoms with Crippen LogP contribution in [0.4, 0.5) is 5.69 Å². The second kappa shape index (κ2) is 5.64. The van der Waals surface area contributed by atoms with Gasteiger partial charge in [-0.1, -0.05) is 18.2 Å². The lowest BCUT2D eigenvalue weighted by Gasteiger charge is -2.22. The molecule has 0 radical (unpaired) electrons. The highest BCUT2D eigenvalue weighted by Gasteiger charge is 2.31. The molecular weight excluding hydrogens is 278 g/mol. The van der Waals surface area contributed by atoms with Gasteiger partial charge in [-0.25, -0.2) is 0 Å². The van der Waals surface area contributed by atoms with E-state index in [1.54, 1.807) is 24.3 Å². The highest BCUT2D eigenvalue weighted by molar-refractivity contribution is 6.07. The summed E-state index contributed by atoms with van der Waals surface area (Å²) in [5, 5.41) is 0. The van der Waals surface area contributed by atoms with Gasteiger partial charge in [0.2, 0.25) is 0 Å². The SMILES string of the molecule is CC(=O)Oc1ccc(C(=O)N2c3ccccc3C[C@@H]2C)cc1. The summed E-state index contributed by atoms with van der Waals surface area (Å²) in [4.78, 5) is 25.5. The van der Waals surface area contributed by atoms with E-state index in [2.05, 4.69) is 6.07 Å². The molecule has 0 aliphatic carbocycles. The van der Waals surface area contributed by atoms with E-state index < -0.39 is 0 Å². The summed E-state index contributed by atoms with van der Waals surface area (Å²) in [5.74, 6) is 0.0342. The molecule has 22 heavy (non-hydrogen) atoms. The number of rotatable bonds is 2. The number of fused-ring (bicyclic) bond motifs is 1. The van der Waals surface area contributed by atoms with Crippen LogP contribution in [0, 0.1) is 0 Å². The third-order valence-electron chi connectivity index (χ3n) is 3.79. The third kappa shape index (κ3) is 2.60. The Balaban J connectivity index is 1.86. The van der Waals surface area contributed by atoms with Crippen molar-refractivity contribution in [3.8, 4) is 5.75 Å². The summed E-state index contributed by atoms with van der Waals surface area (Å²) in [6.45, 7) is 3.40. The molecule has 0 N–H and O–H groups in total. The average molecular weight is 295 g/mol. The molecule has 0 saturated heterocycles. The lowest BCUT2D eigenvalue weighted by atomic mass is 10.1. The number of ether oxygens (including phenoxy) is 1. The number of benzene rings is 2. The van der Waals surface area contributed by atoms with Gasteiger partial charge >= 0.3 is 5.97 Å². The second-order valence-corrected chi connectivity index (χ2v) is 5.48. The Morgan fingerprint density at radius 1 is 1.09 bits per heavy atom. The zero-order chi connectivity index (χ0) is 15.7. The van der Waals surface area contributed by atoms with Crippen molar-refractivity contribution in [2.24, 2.45) is 0 Å².